The molecule has 1 rings (SSSR count). The molecule has 0 spiro atoms. The Morgan fingerprint density at radius 1 is 1.40 bits per heavy atom. The van der Waals surface area contributed by atoms with Gasteiger partial charge in [-0.1, -0.05) is 26.7 Å². The molecule has 0 atom stereocenters. The predicted octanol–water partition coefficient (Wildman–Crippen LogP) is 2.89. The molecule has 0 bridgehead atoms. The summed E-state index contributed by atoms with van der Waals surface area (Å²) < 4.78 is 1.98. The molecular weight excluding hydrogens is 312 g/mol. The molecule has 0 N–H and O–H groups in total. The van der Waals surface area contributed by atoms with Crippen molar-refractivity contribution in [3.05, 3.63) is 40.0 Å². The maximum absolute atomic E-state index is 3.08. The predicted molar refractivity (Wildman–Crippen MR) is 48.3 cm³/mol. The van der Waals surface area contributed by atoms with Gasteiger partial charge in [-0.2, -0.15) is 5.56 Å². The van der Waals surface area contributed by atoms with Crippen LogP contribution in [-0.2, 0) is 32.7 Å². The second kappa shape index (κ2) is 6.50. The van der Waals surface area contributed by atoms with E-state index < -0.39 is 0 Å². The molecule has 0 nitrogen and oxygen atoms in total. The molecule has 0 aliphatic rings. The first kappa shape index (κ1) is 10.8. The Balaban J connectivity index is 0.000000810. The second-order valence-electron chi connectivity index (χ2n) is 1.61. The van der Waals surface area contributed by atoms with Gasteiger partial charge in [-0.25, -0.2) is 0 Å². The number of hydrogen-bond acceptors (Lipinski definition) is 0. The van der Waals surface area contributed by atoms with Crippen LogP contribution in [0.3, 0.4) is 0 Å². The van der Waals surface area contributed by atoms with Gasteiger partial charge >= 0.3 is 0 Å². The normalized spacial score (nSPS) is 9.30. The molecule has 0 unspecified atom stereocenters. The Morgan fingerprint density at radius 2 is 2.20 bits per heavy atom. The van der Waals surface area contributed by atoms with Crippen molar-refractivity contribution in [2.24, 2.45) is 0 Å². The van der Waals surface area contributed by atoms with Crippen LogP contribution >= 0.6 is 22.6 Å². The molecule has 0 aromatic heterocycles. The average Bonchev–Trinajstić information content (AvgIpc) is 1.91. The summed E-state index contributed by atoms with van der Waals surface area (Å²) in [4.78, 5) is 0. The third-order valence-electron chi connectivity index (χ3n) is 0.976. The van der Waals surface area contributed by atoms with E-state index in [4.69, 9.17) is 0 Å². The van der Waals surface area contributed by atoms with Gasteiger partial charge in [0.15, 0.2) is 0 Å². The molecule has 0 aliphatic carbocycles. The van der Waals surface area contributed by atoms with Gasteiger partial charge in [-0.3, -0.25) is 0 Å². The molecule has 49 valence electrons. The summed E-state index contributed by atoms with van der Waals surface area (Å²) in [5, 5.41) is 0. The van der Waals surface area contributed by atoms with Crippen LogP contribution in [0.4, 0.5) is 0 Å². The van der Waals surface area contributed by atoms with Crippen molar-refractivity contribution < 1.29 is 32.7 Å². The third-order valence-corrected chi connectivity index (χ3v) is 1.34. The van der Waals surface area contributed by atoms with Crippen molar-refractivity contribution >= 4 is 28.7 Å². The van der Waals surface area contributed by atoms with E-state index in [9.17, 15) is 0 Å². The number of rotatable bonds is 1. The summed E-state index contributed by atoms with van der Waals surface area (Å²) in [5.74, 6) is 0. The smallest absolute Gasteiger partial charge is 0 e. The summed E-state index contributed by atoms with van der Waals surface area (Å²) in [6, 6.07) is 11.0. The fourth-order valence-electron chi connectivity index (χ4n) is 0.579. The maximum atomic E-state index is 3.08. The van der Waals surface area contributed by atoms with Crippen LogP contribution in [-0.4, -0.2) is 0 Å². The van der Waals surface area contributed by atoms with E-state index in [1.165, 1.54) is 0 Å². The summed E-state index contributed by atoms with van der Waals surface area (Å²) in [5.41, 5.74) is 1.13. The Bertz CT molecular complexity index is 194. The maximum Gasteiger partial charge on any atom is 0 e. The monoisotopic (exact) mass is 318 g/mol. The van der Waals surface area contributed by atoms with Crippen LogP contribution in [0.1, 0.15) is 5.56 Å². The number of hydrogen-bond donors (Lipinski definition) is 0. The third kappa shape index (κ3) is 3.84. The van der Waals surface area contributed by atoms with Gasteiger partial charge in [0.25, 0.3) is 0 Å². The zero-order chi connectivity index (χ0) is 6.53. The van der Waals surface area contributed by atoms with E-state index in [1.54, 1.807) is 0 Å². The van der Waals surface area contributed by atoms with Crippen molar-refractivity contribution in [3.63, 3.8) is 0 Å². The Labute approximate surface area is 100 Å². The molecule has 1 aromatic carbocycles. The van der Waals surface area contributed by atoms with E-state index in [0.717, 1.165) is 5.56 Å². The van der Waals surface area contributed by atoms with Gasteiger partial charge in [0, 0.05) is 32.7 Å². The Morgan fingerprint density at radius 3 is 2.70 bits per heavy atom. The van der Waals surface area contributed by atoms with Gasteiger partial charge in [-0.15, -0.1) is 36.4 Å². The van der Waals surface area contributed by atoms with Crippen LogP contribution in [0, 0.1) is 6.07 Å². The van der Waals surface area contributed by atoms with Crippen molar-refractivity contribution in [3.8, 4) is 0 Å². The molecule has 0 amide bonds. The summed E-state index contributed by atoms with van der Waals surface area (Å²) in [6.45, 7) is 0. The Kier molecular flexibility index (Phi) is 7.02. The first-order valence-electron chi connectivity index (χ1n) is 2.67. The first-order valence-corrected chi connectivity index (χ1v) is 3.91. The summed E-state index contributed by atoms with van der Waals surface area (Å²) >= 11 is 2.19. The van der Waals surface area contributed by atoms with Crippen LogP contribution in [0.2, 0.25) is 0 Å². The van der Waals surface area contributed by atoms with Crippen molar-refractivity contribution in [2.45, 2.75) is 0 Å². The van der Waals surface area contributed by atoms with Crippen molar-refractivity contribution in [1.29, 1.82) is 0 Å². The zero-order valence-electron chi connectivity index (χ0n) is 5.42. The van der Waals surface area contributed by atoms with Crippen LogP contribution in [0.15, 0.2) is 28.3 Å². The molecule has 0 heterocycles. The van der Waals surface area contributed by atoms with E-state index in [0.29, 0.717) is 0 Å². The fourth-order valence-corrected chi connectivity index (χ4v) is 0.966. The second-order valence-corrected chi connectivity index (χ2v) is 2.33. The molecule has 10 heavy (non-hydrogen) atoms. The molecule has 0 saturated heterocycles. The largest absolute Gasteiger partial charge is 0.150 e. The van der Waals surface area contributed by atoms with Crippen LogP contribution in [0.25, 0.3) is 6.08 Å². The summed E-state index contributed by atoms with van der Waals surface area (Å²) in [7, 11) is 0. The van der Waals surface area contributed by atoms with Gasteiger partial charge in [0.1, 0.15) is 0 Å². The standard InChI is InChI=1S/C8H6I.Y/c9-7-6-8-4-2-1-3-5-8;/h1-4,6-7H;/q-1;/b7-6+;. The molecule has 2 heteroatoms. The van der Waals surface area contributed by atoms with Crippen LogP contribution < -0.4 is 0 Å². The SMILES string of the molecule is I/C=C/c1[c-]cccc1.[Y]. The van der Waals surface area contributed by atoms with E-state index in [-0.39, 0.29) is 32.7 Å². The number of halogens is 1. The fraction of sp³-hybridized carbons (Fsp3) is 0. The molecule has 1 radical (unpaired) electrons. The van der Waals surface area contributed by atoms with Gasteiger partial charge < -0.3 is 0 Å². The first-order chi connectivity index (χ1) is 4.43. The quantitative estimate of drug-likeness (QED) is 0.552. The average molecular weight is 318 g/mol. The molecule has 0 saturated carbocycles. The molecule has 0 fully saturated rings. The minimum atomic E-state index is 0. The minimum absolute atomic E-state index is 0. The van der Waals surface area contributed by atoms with E-state index in [1.807, 2.05) is 34.4 Å². The minimum Gasteiger partial charge on any atom is -0.150 e. The van der Waals surface area contributed by atoms with Crippen molar-refractivity contribution in [2.75, 3.05) is 0 Å². The van der Waals surface area contributed by atoms with Gasteiger partial charge in [0.05, 0.1) is 0 Å². The van der Waals surface area contributed by atoms with E-state index in [2.05, 4.69) is 28.7 Å². The molecule has 1 aromatic rings. The summed E-state index contributed by atoms with van der Waals surface area (Å²) in [6.07, 6.45) is 2.01. The van der Waals surface area contributed by atoms with Crippen molar-refractivity contribution in [1.82, 2.24) is 0 Å². The van der Waals surface area contributed by atoms with Crippen LogP contribution in [0.5, 0.6) is 0 Å². The zero-order valence-corrected chi connectivity index (χ0v) is 10.4. The molecular formula is C8H6IY-. The molecule has 0 aliphatic heterocycles. The topological polar surface area (TPSA) is 0 Å². The van der Waals surface area contributed by atoms with E-state index >= 15 is 0 Å². The van der Waals surface area contributed by atoms with Gasteiger partial charge in [0.2, 0.25) is 0 Å². The Hall–Kier alpha value is 0.794. The number of benzene rings is 1. The van der Waals surface area contributed by atoms with Gasteiger partial charge in [-0.05, 0) is 0 Å².